The summed E-state index contributed by atoms with van der Waals surface area (Å²) in [4.78, 5) is 26.4. The van der Waals surface area contributed by atoms with Gasteiger partial charge in [-0.25, -0.2) is 4.79 Å². The van der Waals surface area contributed by atoms with Gasteiger partial charge in [0.2, 0.25) is 0 Å². The van der Waals surface area contributed by atoms with Gasteiger partial charge in [-0.3, -0.25) is 4.79 Å². The van der Waals surface area contributed by atoms with Crippen molar-refractivity contribution >= 4 is 28.5 Å². The molecule has 2 atom stereocenters. The number of nitrogens with zero attached hydrogens (tertiary/aromatic N) is 1. The molecule has 0 amide bonds. The second kappa shape index (κ2) is 8.94. The second-order valence-electron chi connectivity index (χ2n) is 8.08. The molecule has 0 saturated carbocycles. The normalized spacial score (nSPS) is 19.4. The zero-order chi connectivity index (χ0) is 24.8. The lowest BCUT2D eigenvalue weighted by atomic mass is 9.85. The number of phenols is 1. The largest absolute Gasteiger partial charge is 0.507 e. The van der Waals surface area contributed by atoms with Crippen molar-refractivity contribution in [3.8, 4) is 22.8 Å². The molecular weight excluding hydrogens is 479 g/mol. The minimum absolute atomic E-state index is 0.00883. The fraction of sp³-hybridized carbons (Fsp3) is 0.304. The van der Waals surface area contributed by atoms with E-state index in [0.717, 1.165) is 12.1 Å². The highest BCUT2D eigenvalue weighted by Crippen LogP contribution is 2.43. The van der Waals surface area contributed by atoms with Crippen molar-refractivity contribution in [2.45, 2.75) is 24.6 Å². The number of aromatic hydroxyl groups is 1. The Morgan fingerprint density at radius 2 is 1.97 bits per heavy atom. The van der Waals surface area contributed by atoms with Crippen molar-refractivity contribution in [2.24, 2.45) is 0 Å². The number of β-amino-alcohol motifs (C(OH)–C–C–N with tert-alkyl or cyclic N) is 1. The van der Waals surface area contributed by atoms with E-state index in [0.29, 0.717) is 18.5 Å². The summed E-state index contributed by atoms with van der Waals surface area (Å²) in [6, 6.07) is 8.21. The molecule has 4 rings (SSSR count). The molecule has 0 bridgehead atoms. The fourth-order valence-corrected chi connectivity index (χ4v) is 4.35. The van der Waals surface area contributed by atoms with Gasteiger partial charge in [-0.2, -0.15) is 13.2 Å². The average molecular weight is 498 g/mol. The zero-order valence-corrected chi connectivity index (χ0v) is 18.5. The third kappa shape index (κ3) is 4.48. The number of hydrogen-bond acceptors (Lipinski definition) is 7. The van der Waals surface area contributed by atoms with Gasteiger partial charge in [-0.15, -0.1) is 0 Å². The SMILES string of the molecule is CN1CC[C@H](c2c(O)cc(OC(=O)C(F)(F)F)c3c(=O)cc(-c4ccccc4Cl)oc23)[C@H](O)C1. The summed E-state index contributed by atoms with van der Waals surface area (Å²) in [7, 11) is 1.80. The molecule has 11 heteroatoms. The van der Waals surface area contributed by atoms with E-state index >= 15 is 0 Å². The van der Waals surface area contributed by atoms with Gasteiger partial charge in [0.05, 0.1) is 11.1 Å². The predicted molar refractivity (Wildman–Crippen MR) is 117 cm³/mol. The van der Waals surface area contributed by atoms with Crippen molar-refractivity contribution in [3.05, 3.63) is 57.2 Å². The van der Waals surface area contributed by atoms with E-state index < -0.39 is 46.5 Å². The van der Waals surface area contributed by atoms with Crippen LogP contribution in [0.5, 0.6) is 11.5 Å². The average Bonchev–Trinajstić information content (AvgIpc) is 2.74. The van der Waals surface area contributed by atoms with Gasteiger partial charge >= 0.3 is 12.1 Å². The number of benzene rings is 2. The highest BCUT2D eigenvalue weighted by atomic mass is 35.5. The Balaban J connectivity index is 2.00. The summed E-state index contributed by atoms with van der Waals surface area (Å²) in [5.74, 6) is -4.65. The number of esters is 1. The Morgan fingerprint density at radius 3 is 2.62 bits per heavy atom. The number of alkyl halides is 3. The number of ether oxygens (including phenoxy) is 1. The third-order valence-corrected chi connectivity index (χ3v) is 6.04. The number of likely N-dealkylation sites (N-methyl/N-ethyl adjacent to an activating group) is 1. The van der Waals surface area contributed by atoms with Gasteiger partial charge in [0, 0.05) is 35.7 Å². The maximum atomic E-state index is 13.1. The monoisotopic (exact) mass is 497 g/mol. The Morgan fingerprint density at radius 1 is 1.26 bits per heavy atom. The smallest absolute Gasteiger partial charge is 0.491 e. The lowest BCUT2D eigenvalue weighted by molar-refractivity contribution is -0.189. The standard InChI is InChI=1S/C23H19ClF3NO6/c1-28-7-6-12(16(31)10-28)19-14(29)9-18(34-22(32)23(25,26)27)20-15(30)8-17(33-21(19)20)11-4-2-3-5-13(11)24/h2-5,8-9,12,16,29,31H,6-7,10H2,1H3/t12-,16+/m0/s1. The third-order valence-electron chi connectivity index (χ3n) is 5.71. The van der Waals surface area contributed by atoms with Crippen LogP contribution in [0.15, 0.2) is 45.6 Å². The van der Waals surface area contributed by atoms with Crippen molar-refractivity contribution in [3.63, 3.8) is 0 Å². The Bertz CT molecular complexity index is 1320. The van der Waals surface area contributed by atoms with Gasteiger partial charge in [0.1, 0.15) is 28.2 Å². The molecule has 2 aromatic carbocycles. The minimum Gasteiger partial charge on any atom is -0.507 e. The topological polar surface area (TPSA) is 100 Å². The van der Waals surface area contributed by atoms with Crippen LogP contribution in [0.4, 0.5) is 13.2 Å². The van der Waals surface area contributed by atoms with Gasteiger partial charge < -0.3 is 24.3 Å². The Kier molecular flexibility index (Phi) is 6.32. The van der Waals surface area contributed by atoms with Crippen LogP contribution in [0.25, 0.3) is 22.3 Å². The first-order valence-electron chi connectivity index (χ1n) is 10.2. The molecule has 7 nitrogen and oxygen atoms in total. The van der Waals surface area contributed by atoms with Crippen LogP contribution in [0.3, 0.4) is 0 Å². The van der Waals surface area contributed by atoms with Crippen molar-refractivity contribution in [1.82, 2.24) is 4.90 Å². The second-order valence-corrected chi connectivity index (χ2v) is 8.49. The quantitative estimate of drug-likeness (QED) is 0.415. The van der Waals surface area contributed by atoms with Crippen molar-refractivity contribution in [2.75, 3.05) is 20.1 Å². The number of rotatable bonds is 3. The number of halogens is 4. The number of carbonyl (C=O) groups excluding carboxylic acids is 1. The van der Waals surface area contributed by atoms with Crippen LogP contribution < -0.4 is 10.2 Å². The summed E-state index contributed by atoms with van der Waals surface area (Å²) in [5.41, 5.74) is -0.741. The van der Waals surface area contributed by atoms with E-state index in [1.54, 1.807) is 31.3 Å². The fourth-order valence-electron chi connectivity index (χ4n) is 4.12. The van der Waals surface area contributed by atoms with Crippen LogP contribution in [0.2, 0.25) is 5.02 Å². The predicted octanol–water partition coefficient (Wildman–Crippen LogP) is 4.07. The molecule has 1 aromatic heterocycles. The maximum Gasteiger partial charge on any atom is 0.491 e. The van der Waals surface area contributed by atoms with Gasteiger partial charge in [-0.1, -0.05) is 23.7 Å². The van der Waals surface area contributed by atoms with E-state index in [4.69, 9.17) is 16.0 Å². The molecule has 3 aromatic rings. The lowest BCUT2D eigenvalue weighted by Crippen LogP contribution is -2.40. The molecule has 180 valence electrons. The summed E-state index contributed by atoms with van der Waals surface area (Å²) in [6.45, 7) is 0.798. The highest BCUT2D eigenvalue weighted by molar-refractivity contribution is 6.33. The van der Waals surface area contributed by atoms with E-state index in [1.807, 2.05) is 4.90 Å². The molecule has 0 aliphatic carbocycles. The number of hydrogen-bond donors (Lipinski definition) is 2. The molecule has 0 spiro atoms. The van der Waals surface area contributed by atoms with Crippen LogP contribution in [-0.2, 0) is 4.79 Å². The van der Waals surface area contributed by atoms with Gasteiger partial charge in [0.15, 0.2) is 5.43 Å². The van der Waals surface area contributed by atoms with Crippen molar-refractivity contribution < 1.29 is 37.3 Å². The van der Waals surface area contributed by atoms with Crippen LogP contribution >= 0.6 is 11.6 Å². The molecule has 0 unspecified atom stereocenters. The first kappa shape index (κ1) is 24.1. The molecule has 2 N–H and O–H groups in total. The van der Waals surface area contributed by atoms with Crippen molar-refractivity contribution in [1.29, 1.82) is 0 Å². The van der Waals surface area contributed by atoms with E-state index in [1.165, 1.54) is 0 Å². The van der Waals surface area contributed by atoms with E-state index in [-0.39, 0.29) is 28.5 Å². The summed E-state index contributed by atoms with van der Waals surface area (Å²) in [5, 5.41) is 21.2. The van der Waals surface area contributed by atoms with Crippen LogP contribution in [-0.4, -0.2) is 53.5 Å². The molecule has 1 aliphatic rings. The van der Waals surface area contributed by atoms with Gasteiger partial charge in [-0.05, 0) is 32.1 Å². The first-order chi connectivity index (χ1) is 16.0. The Hall–Kier alpha value is -3.08. The molecule has 34 heavy (non-hydrogen) atoms. The van der Waals surface area contributed by atoms with E-state index in [2.05, 4.69) is 4.74 Å². The first-order valence-corrected chi connectivity index (χ1v) is 10.6. The number of phenolic OH excluding ortho intramolecular Hbond substituents is 1. The summed E-state index contributed by atoms with van der Waals surface area (Å²) < 4.78 is 48.8. The zero-order valence-electron chi connectivity index (χ0n) is 17.7. The number of likely N-dealkylation sites (tertiary alicyclic amines) is 1. The molecule has 2 heterocycles. The minimum atomic E-state index is -5.33. The number of aliphatic hydroxyl groups is 1. The molecule has 1 aliphatic heterocycles. The molecular formula is C23H19ClF3NO6. The summed E-state index contributed by atoms with van der Waals surface area (Å²) in [6.07, 6.45) is -5.93. The van der Waals surface area contributed by atoms with Crippen LogP contribution in [0.1, 0.15) is 17.9 Å². The number of fused-ring (bicyclic) bond motifs is 1. The maximum absolute atomic E-state index is 13.1. The van der Waals surface area contributed by atoms with Crippen LogP contribution in [0, 0.1) is 0 Å². The van der Waals surface area contributed by atoms with Gasteiger partial charge in [0.25, 0.3) is 0 Å². The highest BCUT2D eigenvalue weighted by Gasteiger charge is 2.42. The molecule has 0 radical (unpaired) electrons. The number of piperidine rings is 1. The number of aliphatic hydroxyl groups excluding tert-OH is 1. The summed E-state index contributed by atoms with van der Waals surface area (Å²) >= 11 is 6.22. The van der Waals surface area contributed by atoms with E-state index in [9.17, 15) is 33.0 Å². The molecule has 1 saturated heterocycles. The molecule has 1 fully saturated rings. The number of carbonyl (C=O) groups is 1. The lowest BCUT2D eigenvalue weighted by Gasteiger charge is -2.34. The Labute approximate surface area is 195 Å².